The maximum absolute atomic E-state index is 12.9. The van der Waals surface area contributed by atoms with Crippen LogP contribution in [0.1, 0.15) is 19.4 Å². The lowest BCUT2D eigenvalue weighted by Crippen LogP contribution is -2.25. The molecule has 0 saturated carbocycles. The van der Waals surface area contributed by atoms with E-state index in [1.807, 2.05) is 36.5 Å². The van der Waals surface area contributed by atoms with E-state index in [0.717, 1.165) is 26.5 Å². The molecule has 24 heavy (non-hydrogen) atoms. The molecule has 2 aromatic heterocycles. The summed E-state index contributed by atoms with van der Waals surface area (Å²) >= 11 is 5.01. The molecule has 0 radical (unpaired) electrons. The van der Waals surface area contributed by atoms with E-state index < -0.39 is 0 Å². The molecule has 0 spiro atoms. The van der Waals surface area contributed by atoms with Crippen molar-refractivity contribution in [3.8, 4) is 0 Å². The molecule has 3 rings (SSSR count). The van der Waals surface area contributed by atoms with Gasteiger partial charge < -0.3 is 0 Å². The molecule has 0 N–H and O–H groups in total. The first-order valence-electron chi connectivity index (χ1n) is 7.76. The molecule has 0 amide bonds. The molecule has 0 saturated heterocycles. The SMILES string of the molecule is CC(C)Cn1c(SCc2cccnc2)nc2ccc(Br)cc2c1=O. The number of rotatable bonds is 5. The average molecular weight is 404 g/mol. The number of thioether (sulfide) groups is 1. The van der Waals surface area contributed by atoms with E-state index in [1.54, 1.807) is 22.5 Å². The highest BCUT2D eigenvalue weighted by Gasteiger charge is 2.13. The highest BCUT2D eigenvalue weighted by molar-refractivity contribution is 9.10. The van der Waals surface area contributed by atoms with Gasteiger partial charge in [0.05, 0.1) is 10.9 Å². The number of hydrogen-bond donors (Lipinski definition) is 0. The number of halogens is 1. The van der Waals surface area contributed by atoms with Crippen LogP contribution in [0.15, 0.2) is 57.1 Å². The highest BCUT2D eigenvalue weighted by Crippen LogP contribution is 2.23. The Labute approximate surface area is 153 Å². The Kier molecular flexibility index (Phi) is 5.36. The summed E-state index contributed by atoms with van der Waals surface area (Å²) < 4.78 is 2.68. The molecule has 124 valence electrons. The first-order chi connectivity index (χ1) is 11.5. The molecular weight excluding hydrogens is 386 g/mol. The van der Waals surface area contributed by atoms with E-state index in [2.05, 4.69) is 34.8 Å². The number of nitrogens with zero attached hydrogens (tertiary/aromatic N) is 3. The van der Waals surface area contributed by atoms with Crippen molar-refractivity contribution in [1.82, 2.24) is 14.5 Å². The van der Waals surface area contributed by atoms with Crippen molar-refractivity contribution in [3.05, 3.63) is 63.1 Å². The second-order valence-electron chi connectivity index (χ2n) is 6.02. The second-order valence-corrected chi connectivity index (χ2v) is 7.87. The Morgan fingerprint density at radius 1 is 1.29 bits per heavy atom. The molecule has 0 unspecified atom stereocenters. The number of fused-ring (bicyclic) bond motifs is 1. The Morgan fingerprint density at radius 3 is 2.83 bits per heavy atom. The van der Waals surface area contributed by atoms with Crippen LogP contribution in [-0.2, 0) is 12.3 Å². The first-order valence-corrected chi connectivity index (χ1v) is 9.54. The molecule has 1 aromatic carbocycles. The molecule has 2 heterocycles. The highest BCUT2D eigenvalue weighted by atomic mass is 79.9. The van der Waals surface area contributed by atoms with Crippen LogP contribution in [0, 0.1) is 5.92 Å². The van der Waals surface area contributed by atoms with Crippen molar-refractivity contribution < 1.29 is 0 Å². The summed E-state index contributed by atoms with van der Waals surface area (Å²) in [7, 11) is 0. The van der Waals surface area contributed by atoms with Crippen LogP contribution in [0.2, 0.25) is 0 Å². The lowest BCUT2D eigenvalue weighted by Gasteiger charge is -2.15. The van der Waals surface area contributed by atoms with Crippen LogP contribution >= 0.6 is 27.7 Å². The van der Waals surface area contributed by atoms with E-state index >= 15 is 0 Å². The predicted molar refractivity (Wildman–Crippen MR) is 102 cm³/mol. The monoisotopic (exact) mass is 403 g/mol. The van der Waals surface area contributed by atoms with Crippen molar-refractivity contribution in [2.24, 2.45) is 5.92 Å². The van der Waals surface area contributed by atoms with Crippen molar-refractivity contribution in [1.29, 1.82) is 0 Å². The zero-order valence-corrected chi connectivity index (χ0v) is 16.0. The average Bonchev–Trinajstić information content (AvgIpc) is 2.57. The third kappa shape index (κ3) is 3.87. The lowest BCUT2D eigenvalue weighted by atomic mass is 10.2. The molecule has 3 aromatic rings. The summed E-state index contributed by atoms with van der Waals surface area (Å²) in [5.74, 6) is 1.10. The van der Waals surface area contributed by atoms with Crippen molar-refractivity contribution in [2.45, 2.75) is 31.3 Å². The zero-order valence-electron chi connectivity index (χ0n) is 13.6. The van der Waals surface area contributed by atoms with Gasteiger partial charge in [0.1, 0.15) is 0 Å². The van der Waals surface area contributed by atoms with Crippen LogP contribution < -0.4 is 5.56 Å². The summed E-state index contributed by atoms with van der Waals surface area (Å²) in [6.07, 6.45) is 3.60. The maximum Gasteiger partial charge on any atom is 0.262 e. The van der Waals surface area contributed by atoms with E-state index in [9.17, 15) is 4.79 Å². The standard InChI is InChI=1S/C18H18BrN3OS/c1-12(2)10-22-17(23)15-8-14(19)5-6-16(15)21-18(22)24-11-13-4-3-7-20-9-13/h3-9,12H,10-11H2,1-2H3. The molecule has 0 atom stereocenters. The smallest absolute Gasteiger partial charge is 0.262 e. The van der Waals surface area contributed by atoms with Crippen LogP contribution in [-0.4, -0.2) is 14.5 Å². The van der Waals surface area contributed by atoms with Crippen LogP contribution in [0.25, 0.3) is 10.9 Å². The van der Waals surface area contributed by atoms with Crippen LogP contribution in [0.4, 0.5) is 0 Å². The molecule has 0 bridgehead atoms. The van der Waals surface area contributed by atoms with Gasteiger partial charge in [0.15, 0.2) is 5.16 Å². The largest absolute Gasteiger partial charge is 0.287 e. The molecular formula is C18H18BrN3OS. The van der Waals surface area contributed by atoms with Gasteiger partial charge in [-0.2, -0.15) is 0 Å². The third-order valence-corrected chi connectivity index (χ3v) is 5.06. The summed E-state index contributed by atoms with van der Waals surface area (Å²) in [4.78, 5) is 21.8. The normalized spacial score (nSPS) is 11.3. The minimum absolute atomic E-state index is 0.0173. The van der Waals surface area contributed by atoms with Crippen molar-refractivity contribution >= 4 is 38.6 Å². The Bertz CT molecular complexity index is 909. The van der Waals surface area contributed by atoms with Gasteiger partial charge >= 0.3 is 0 Å². The van der Waals surface area contributed by atoms with E-state index in [0.29, 0.717) is 17.8 Å². The molecule has 0 fully saturated rings. The van der Waals surface area contributed by atoms with Gasteiger partial charge in [-0.15, -0.1) is 0 Å². The summed E-state index contributed by atoms with van der Waals surface area (Å²) in [5.41, 5.74) is 1.87. The fourth-order valence-corrected chi connectivity index (χ4v) is 3.74. The number of benzene rings is 1. The number of pyridine rings is 1. The van der Waals surface area contributed by atoms with Gasteiger partial charge in [-0.05, 0) is 35.7 Å². The van der Waals surface area contributed by atoms with Gasteiger partial charge in [0.25, 0.3) is 5.56 Å². The fourth-order valence-electron chi connectivity index (χ4n) is 2.44. The third-order valence-electron chi connectivity index (χ3n) is 3.52. The molecule has 0 aliphatic heterocycles. The van der Waals surface area contributed by atoms with Crippen LogP contribution in [0.5, 0.6) is 0 Å². The minimum atomic E-state index is 0.0173. The molecule has 4 nitrogen and oxygen atoms in total. The fraction of sp³-hybridized carbons (Fsp3) is 0.278. The molecule has 0 aliphatic rings. The van der Waals surface area contributed by atoms with Gasteiger partial charge in [-0.3, -0.25) is 14.3 Å². The summed E-state index contributed by atoms with van der Waals surface area (Å²) in [5, 5.41) is 1.41. The van der Waals surface area contributed by atoms with Gasteiger partial charge in [0.2, 0.25) is 0 Å². The van der Waals surface area contributed by atoms with E-state index in [-0.39, 0.29) is 5.56 Å². The lowest BCUT2D eigenvalue weighted by molar-refractivity contribution is 0.475. The number of hydrogen-bond acceptors (Lipinski definition) is 4. The molecule has 6 heteroatoms. The first kappa shape index (κ1) is 17.2. The molecule has 0 aliphatic carbocycles. The quantitative estimate of drug-likeness (QED) is 0.464. The van der Waals surface area contributed by atoms with E-state index in [1.165, 1.54) is 0 Å². The van der Waals surface area contributed by atoms with Crippen molar-refractivity contribution in [3.63, 3.8) is 0 Å². The van der Waals surface area contributed by atoms with Crippen LogP contribution in [0.3, 0.4) is 0 Å². The summed E-state index contributed by atoms with van der Waals surface area (Å²) in [6.45, 7) is 4.86. The van der Waals surface area contributed by atoms with E-state index in [4.69, 9.17) is 4.98 Å². The topological polar surface area (TPSA) is 47.8 Å². The zero-order chi connectivity index (χ0) is 17.1. The van der Waals surface area contributed by atoms with Gasteiger partial charge in [-0.25, -0.2) is 4.98 Å². The number of aromatic nitrogens is 3. The van der Waals surface area contributed by atoms with Gasteiger partial charge in [0, 0.05) is 29.2 Å². The predicted octanol–water partition coefficient (Wildman–Crippen LogP) is 4.50. The minimum Gasteiger partial charge on any atom is -0.287 e. The maximum atomic E-state index is 12.9. The van der Waals surface area contributed by atoms with Gasteiger partial charge in [-0.1, -0.05) is 47.6 Å². The Hall–Kier alpha value is -1.66. The Balaban J connectivity index is 2.04. The second kappa shape index (κ2) is 7.49. The Morgan fingerprint density at radius 2 is 2.12 bits per heavy atom. The summed E-state index contributed by atoms with van der Waals surface area (Å²) in [6, 6.07) is 9.59. The van der Waals surface area contributed by atoms with Crippen molar-refractivity contribution in [2.75, 3.05) is 0 Å².